The van der Waals surface area contributed by atoms with Gasteiger partial charge in [0.15, 0.2) is 6.10 Å². The quantitative estimate of drug-likeness (QED) is 0.0261. The Labute approximate surface area is 448 Å². The molecule has 0 aliphatic rings. The van der Waals surface area contributed by atoms with Gasteiger partial charge in [0.05, 0.1) is 0 Å². The van der Waals surface area contributed by atoms with Crippen LogP contribution < -0.4 is 0 Å². The van der Waals surface area contributed by atoms with Gasteiger partial charge < -0.3 is 14.2 Å². The fraction of sp³-hybridized carbons (Fsp3) is 0.833. The van der Waals surface area contributed by atoms with Crippen molar-refractivity contribution in [3.05, 3.63) is 48.6 Å². The molecule has 0 spiro atoms. The van der Waals surface area contributed by atoms with Crippen LogP contribution in [0.3, 0.4) is 0 Å². The van der Waals surface area contributed by atoms with Crippen molar-refractivity contribution in [3.8, 4) is 0 Å². The first-order valence-electron chi connectivity index (χ1n) is 31.6. The largest absolute Gasteiger partial charge is 0.462 e. The van der Waals surface area contributed by atoms with E-state index >= 15 is 0 Å². The number of esters is 3. The van der Waals surface area contributed by atoms with Crippen molar-refractivity contribution in [2.24, 2.45) is 0 Å². The first-order valence-corrected chi connectivity index (χ1v) is 31.6. The minimum atomic E-state index is -0.773. The molecular weight excluding hydrogens is 889 g/mol. The Morgan fingerprint density at radius 1 is 0.278 bits per heavy atom. The summed E-state index contributed by atoms with van der Waals surface area (Å²) < 4.78 is 16.9. The van der Waals surface area contributed by atoms with Crippen LogP contribution in [0.1, 0.15) is 335 Å². The van der Waals surface area contributed by atoms with E-state index in [4.69, 9.17) is 14.2 Å². The lowest BCUT2D eigenvalue weighted by Crippen LogP contribution is -2.30. The van der Waals surface area contributed by atoms with E-state index in [1.54, 1.807) is 0 Å². The minimum Gasteiger partial charge on any atom is -0.462 e. The monoisotopic (exact) mass is 1010 g/mol. The van der Waals surface area contributed by atoms with E-state index in [9.17, 15) is 14.4 Å². The predicted octanol–water partition coefficient (Wildman–Crippen LogP) is 21.4. The summed E-state index contributed by atoms with van der Waals surface area (Å²) in [7, 11) is 0. The highest BCUT2D eigenvalue weighted by Crippen LogP contribution is 2.17. The van der Waals surface area contributed by atoms with Crippen LogP contribution in [0.4, 0.5) is 0 Å². The molecule has 72 heavy (non-hydrogen) atoms. The Morgan fingerprint density at radius 2 is 0.500 bits per heavy atom. The van der Waals surface area contributed by atoms with E-state index in [0.717, 1.165) is 70.6 Å². The highest BCUT2D eigenvalue weighted by atomic mass is 16.6. The SMILES string of the molecule is CCCCC/C=C\C/C=C\CCCCCCCCCCCC(=O)OC(COC(=O)CCCCCCCCCCCC)COC(=O)CCCCCCCCCCCCCCC/C=C\C/C=C\CCCCCCC. The van der Waals surface area contributed by atoms with Crippen LogP contribution in [0.25, 0.3) is 0 Å². The van der Waals surface area contributed by atoms with E-state index in [0.29, 0.717) is 19.3 Å². The highest BCUT2D eigenvalue weighted by Gasteiger charge is 2.19. The smallest absolute Gasteiger partial charge is 0.306 e. The maximum absolute atomic E-state index is 12.9. The summed E-state index contributed by atoms with van der Waals surface area (Å²) in [5.41, 5.74) is 0. The topological polar surface area (TPSA) is 78.9 Å². The van der Waals surface area contributed by atoms with Gasteiger partial charge >= 0.3 is 17.9 Å². The number of ether oxygens (including phenoxy) is 3. The second-order valence-corrected chi connectivity index (χ2v) is 21.3. The number of unbranched alkanes of at least 4 members (excludes halogenated alkanes) is 39. The first kappa shape index (κ1) is 69.4. The Bertz CT molecular complexity index is 1250. The zero-order valence-electron chi connectivity index (χ0n) is 48.2. The summed E-state index contributed by atoms with van der Waals surface area (Å²) in [6, 6.07) is 0. The van der Waals surface area contributed by atoms with Crippen LogP contribution >= 0.6 is 0 Å². The molecule has 0 N–H and O–H groups in total. The molecule has 0 aromatic rings. The third-order valence-electron chi connectivity index (χ3n) is 14.1. The standard InChI is InChI=1S/C66H120O6/c1-4-7-10-13-16-19-22-24-26-28-30-31-32-33-34-35-37-38-40-42-44-47-50-53-56-59-65(68)71-62-63(61-70-64(67)58-55-52-49-46-21-18-15-12-9-6-3)72-66(69)60-57-54-51-48-45-43-41-39-36-29-27-25-23-20-17-14-11-8-5-2/h17,20,22,24-25,27-28,30,63H,4-16,18-19,21,23,26,29,31-62H2,1-3H3/b20-17-,24-22-,27-25-,30-28-. The van der Waals surface area contributed by atoms with Gasteiger partial charge in [0.25, 0.3) is 0 Å². The predicted molar refractivity (Wildman–Crippen MR) is 312 cm³/mol. The van der Waals surface area contributed by atoms with Crippen molar-refractivity contribution < 1.29 is 28.6 Å². The number of carbonyl (C=O) groups excluding carboxylic acids is 3. The number of hydrogen-bond donors (Lipinski definition) is 0. The fourth-order valence-corrected chi connectivity index (χ4v) is 9.27. The first-order chi connectivity index (χ1) is 35.5. The molecule has 0 fully saturated rings. The van der Waals surface area contributed by atoms with Crippen molar-refractivity contribution in [2.45, 2.75) is 341 Å². The molecule has 0 aliphatic heterocycles. The molecule has 420 valence electrons. The van der Waals surface area contributed by atoms with Gasteiger partial charge in [-0.05, 0) is 83.5 Å². The lowest BCUT2D eigenvalue weighted by Gasteiger charge is -2.18. The maximum Gasteiger partial charge on any atom is 0.306 e. The van der Waals surface area contributed by atoms with E-state index in [2.05, 4.69) is 69.4 Å². The Balaban J connectivity index is 4.21. The van der Waals surface area contributed by atoms with Crippen LogP contribution in [0.5, 0.6) is 0 Å². The summed E-state index contributed by atoms with van der Waals surface area (Å²) in [6.07, 6.45) is 75.5. The molecule has 0 rings (SSSR count). The number of carbonyl (C=O) groups is 3. The van der Waals surface area contributed by atoms with E-state index in [1.807, 2.05) is 0 Å². The Hall–Kier alpha value is -2.63. The van der Waals surface area contributed by atoms with Crippen molar-refractivity contribution in [3.63, 3.8) is 0 Å². The van der Waals surface area contributed by atoms with Crippen LogP contribution in [0, 0.1) is 0 Å². The summed E-state index contributed by atoms with van der Waals surface area (Å²) in [5.74, 6) is -0.860. The molecule has 0 radical (unpaired) electrons. The summed E-state index contributed by atoms with van der Waals surface area (Å²) in [5, 5.41) is 0. The molecule has 0 bridgehead atoms. The molecule has 0 heterocycles. The zero-order valence-corrected chi connectivity index (χ0v) is 48.2. The molecule has 0 amide bonds. The van der Waals surface area contributed by atoms with Crippen molar-refractivity contribution in [2.75, 3.05) is 13.2 Å². The molecular formula is C66H120O6. The second kappa shape index (κ2) is 60.9. The molecule has 0 saturated carbocycles. The lowest BCUT2D eigenvalue weighted by molar-refractivity contribution is -0.167. The van der Waals surface area contributed by atoms with Crippen LogP contribution in [0.15, 0.2) is 48.6 Å². The average molecular weight is 1010 g/mol. The molecule has 6 nitrogen and oxygen atoms in total. The molecule has 0 aliphatic carbocycles. The van der Waals surface area contributed by atoms with Gasteiger partial charge in [-0.25, -0.2) is 0 Å². The second-order valence-electron chi connectivity index (χ2n) is 21.3. The Morgan fingerprint density at radius 3 is 0.792 bits per heavy atom. The molecule has 1 unspecified atom stereocenters. The minimum absolute atomic E-state index is 0.0713. The highest BCUT2D eigenvalue weighted by molar-refractivity contribution is 5.71. The van der Waals surface area contributed by atoms with Crippen LogP contribution in [0.2, 0.25) is 0 Å². The summed E-state index contributed by atoms with van der Waals surface area (Å²) in [4.78, 5) is 38.2. The molecule has 1 atom stereocenters. The summed E-state index contributed by atoms with van der Waals surface area (Å²) in [6.45, 7) is 6.63. The van der Waals surface area contributed by atoms with Crippen LogP contribution in [-0.4, -0.2) is 37.2 Å². The third kappa shape index (κ3) is 58.3. The van der Waals surface area contributed by atoms with E-state index in [-0.39, 0.29) is 31.1 Å². The van der Waals surface area contributed by atoms with Crippen molar-refractivity contribution in [1.82, 2.24) is 0 Å². The number of hydrogen-bond acceptors (Lipinski definition) is 6. The number of rotatable bonds is 58. The molecule has 0 saturated heterocycles. The van der Waals surface area contributed by atoms with E-state index in [1.165, 1.54) is 225 Å². The van der Waals surface area contributed by atoms with Crippen LogP contribution in [-0.2, 0) is 28.6 Å². The van der Waals surface area contributed by atoms with Gasteiger partial charge in [-0.15, -0.1) is 0 Å². The van der Waals surface area contributed by atoms with Gasteiger partial charge in [-0.2, -0.15) is 0 Å². The average Bonchev–Trinajstić information content (AvgIpc) is 3.38. The van der Waals surface area contributed by atoms with Gasteiger partial charge in [-0.1, -0.05) is 281 Å². The fourth-order valence-electron chi connectivity index (χ4n) is 9.27. The van der Waals surface area contributed by atoms with Gasteiger partial charge in [0, 0.05) is 19.3 Å². The molecule has 0 aromatic heterocycles. The molecule has 6 heteroatoms. The third-order valence-corrected chi connectivity index (χ3v) is 14.1. The summed E-state index contributed by atoms with van der Waals surface area (Å²) >= 11 is 0. The normalized spacial score (nSPS) is 12.3. The molecule has 0 aromatic carbocycles. The lowest BCUT2D eigenvalue weighted by atomic mass is 10.0. The van der Waals surface area contributed by atoms with Gasteiger partial charge in [0.2, 0.25) is 0 Å². The number of allylic oxidation sites excluding steroid dienone is 8. The van der Waals surface area contributed by atoms with E-state index < -0.39 is 6.10 Å². The van der Waals surface area contributed by atoms with Gasteiger partial charge in [0.1, 0.15) is 13.2 Å². The van der Waals surface area contributed by atoms with Crippen molar-refractivity contribution >= 4 is 17.9 Å². The maximum atomic E-state index is 12.9. The van der Waals surface area contributed by atoms with Gasteiger partial charge in [-0.3, -0.25) is 14.4 Å². The zero-order chi connectivity index (χ0) is 52.2. The Kier molecular flexibility index (Phi) is 58.7. The van der Waals surface area contributed by atoms with Crippen molar-refractivity contribution in [1.29, 1.82) is 0 Å².